The van der Waals surface area contributed by atoms with Gasteiger partial charge < -0.3 is 9.73 Å². The van der Waals surface area contributed by atoms with E-state index in [0.717, 1.165) is 39.8 Å². The maximum absolute atomic E-state index is 6.02. The molecule has 1 aromatic carbocycles. The fourth-order valence-electron chi connectivity index (χ4n) is 1.91. The quantitative estimate of drug-likeness (QED) is 0.790. The second-order valence-corrected chi connectivity index (χ2v) is 6.32. The molecule has 2 aromatic rings. The van der Waals surface area contributed by atoms with Crippen molar-refractivity contribution in [2.75, 3.05) is 6.54 Å². The van der Waals surface area contributed by atoms with Gasteiger partial charge in [0.15, 0.2) is 11.7 Å². The molecule has 19 heavy (non-hydrogen) atoms. The van der Waals surface area contributed by atoms with E-state index in [4.69, 9.17) is 16.0 Å². The summed E-state index contributed by atoms with van der Waals surface area (Å²) in [6.45, 7) is 0.928. The molecule has 0 atom stereocenters. The van der Waals surface area contributed by atoms with Crippen molar-refractivity contribution in [3.8, 4) is 11.3 Å². The topological polar surface area (TPSA) is 38.1 Å². The van der Waals surface area contributed by atoms with Gasteiger partial charge in [0.2, 0.25) is 0 Å². The maximum Gasteiger partial charge on any atom is 0.196 e. The van der Waals surface area contributed by atoms with Crippen LogP contribution in [0.5, 0.6) is 0 Å². The van der Waals surface area contributed by atoms with Crippen LogP contribution >= 0.6 is 34.2 Å². The Kier molecular flexibility index (Phi) is 4.10. The summed E-state index contributed by atoms with van der Waals surface area (Å²) in [6, 6.07) is 6.50. The van der Waals surface area contributed by atoms with Crippen LogP contribution in [-0.4, -0.2) is 17.6 Å². The van der Waals surface area contributed by atoms with Gasteiger partial charge in [-0.3, -0.25) is 0 Å². The molecule has 0 amide bonds. The zero-order valence-corrected chi connectivity index (χ0v) is 13.2. The van der Waals surface area contributed by atoms with Crippen molar-refractivity contribution in [2.24, 2.45) is 0 Å². The molecule has 1 N–H and O–H groups in total. The number of benzene rings is 1. The molecule has 1 aromatic heterocycles. The molecular formula is C14H14ClIN2O. The van der Waals surface area contributed by atoms with Crippen LogP contribution in [0.3, 0.4) is 0 Å². The van der Waals surface area contributed by atoms with Crippen LogP contribution in [0.1, 0.15) is 18.7 Å². The SMILES string of the molecule is Clc1ccc(I)c(-c2cnc(CCNC3CC3)o2)c1. The first-order valence-electron chi connectivity index (χ1n) is 6.36. The molecule has 1 fully saturated rings. The van der Waals surface area contributed by atoms with Gasteiger partial charge in [-0.05, 0) is 53.6 Å². The van der Waals surface area contributed by atoms with Crippen LogP contribution in [0.2, 0.25) is 5.02 Å². The fraction of sp³-hybridized carbons (Fsp3) is 0.357. The minimum Gasteiger partial charge on any atom is -0.441 e. The number of nitrogens with one attached hydrogen (secondary N) is 1. The molecule has 1 aliphatic rings. The van der Waals surface area contributed by atoms with Crippen molar-refractivity contribution in [3.05, 3.63) is 38.9 Å². The Balaban J connectivity index is 1.70. The molecule has 3 nitrogen and oxygen atoms in total. The average Bonchev–Trinajstić information content (AvgIpc) is 3.10. The zero-order valence-electron chi connectivity index (χ0n) is 10.3. The van der Waals surface area contributed by atoms with E-state index in [0.29, 0.717) is 5.02 Å². The molecule has 3 rings (SSSR count). The summed E-state index contributed by atoms with van der Waals surface area (Å²) < 4.78 is 6.91. The van der Waals surface area contributed by atoms with Gasteiger partial charge >= 0.3 is 0 Å². The summed E-state index contributed by atoms with van der Waals surface area (Å²) in [5, 5.41) is 4.16. The van der Waals surface area contributed by atoms with Crippen molar-refractivity contribution >= 4 is 34.2 Å². The number of oxazole rings is 1. The van der Waals surface area contributed by atoms with Crippen molar-refractivity contribution in [2.45, 2.75) is 25.3 Å². The summed E-state index contributed by atoms with van der Waals surface area (Å²) in [5.74, 6) is 1.56. The maximum atomic E-state index is 6.02. The third-order valence-corrected chi connectivity index (χ3v) is 4.27. The summed E-state index contributed by atoms with van der Waals surface area (Å²) in [6.07, 6.45) is 5.21. The third kappa shape index (κ3) is 3.49. The van der Waals surface area contributed by atoms with E-state index in [9.17, 15) is 0 Å². The lowest BCUT2D eigenvalue weighted by atomic mass is 10.2. The molecule has 100 valence electrons. The van der Waals surface area contributed by atoms with Gasteiger partial charge in [-0.25, -0.2) is 4.98 Å². The standard InChI is InChI=1S/C14H14ClIN2O/c15-9-1-4-12(16)11(7-9)13-8-18-14(19-13)5-6-17-10-2-3-10/h1,4,7-8,10,17H,2-3,5-6H2. The highest BCUT2D eigenvalue weighted by Gasteiger charge is 2.20. The number of halogens is 2. The Morgan fingerprint density at radius 1 is 1.42 bits per heavy atom. The molecule has 0 spiro atoms. The number of rotatable bonds is 5. The first-order valence-corrected chi connectivity index (χ1v) is 7.81. The Labute approximate surface area is 130 Å². The van der Waals surface area contributed by atoms with Crippen LogP contribution in [0, 0.1) is 3.57 Å². The highest BCUT2D eigenvalue weighted by molar-refractivity contribution is 14.1. The van der Waals surface area contributed by atoms with Gasteiger partial charge in [0.05, 0.1) is 6.20 Å². The van der Waals surface area contributed by atoms with E-state index in [2.05, 4.69) is 32.9 Å². The Bertz CT molecular complexity index is 581. The second-order valence-electron chi connectivity index (χ2n) is 4.72. The lowest BCUT2D eigenvalue weighted by Crippen LogP contribution is -2.19. The molecule has 0 bridgehead atoms. The van der Waals surface area contributed by atoms with Gasteiger partial charge in [0.1, 0.15) is 0 Å². The Morgan fingerprint density at radius 3 is 3.05 bits per heavy atom. The first-order chi connectivity index (χ1) is 9.22. The van der Waals surface area contributed by atoms with E-state index in [1.807, 2.05) is 18.2 Å². The minimum atomic E-state index is 0.712. The van der Waals surface area contributed by atoms with Crippen LogP contribution in [0.15, 0.2) is 28.8 Å². The van der Waals surface area contributed by atoms with Crippen molar-refractivity contribution in [1.29, 1.82) is 0 Å². The van der Waals surface area contributed by atoms with E-state index in [-0.39, 0.29) is 0 Å². The van der Waals surface area contributed by atoms with E-state index in [1.54, 1.807) is 6.20 Å². The van der Waals surface area contributed by atoms with Crippen LogP contribution < -0.4 is 5.32 Å². The normalized spacial score (nSPS) is 14.8. The van der Waals surface area contributed by atoms with Gasteiger partial charge in [-0.1, -0.05) is 11.6 Å². The van der Waals surface area contributed by atoms with Gasteiger partial charge in [-0.15, -0.1) is 0 Å². The number of hydrogen-bond acceptors (Lipinski definition) is 3. The fourth-order valence-corrected chi connectivity index (χ4v) is 2.68. The lowest BCUT2D eigenvalue weighted by Gasteiger charge is -2.01. The van der Waals surface area contributed by atoms with Crippen LogP contribution in [-0.2, 0) is 6.42 Å². The predicted octanol–water partition coefficient (Wildman–Crippen LogP) is 3.89. The second kappa shape index (κ2) is 5.81. The minimum absolute atomic E-state index is 0.712. The van der Waals surface area contributed by atoms with E-state index < -0.39 is 0 Å². The molecule has 1 heterocycles. The summed E-state index contributed by atoms with van der Waals surface area (Å²) in [4.78, 5) is 4.33. The smallest absolute Gasteiger partial charge is 0.196 e. The number of nitrogens with zero attached hydrogens (tertiary/aromatic N) is 1. The predicted molar refractivity (Wildman–Crippen MR) is 84.4 cm³/mol. The van der Waals surface area contributed by atoms with Gasteiger partial charge in [-0.2, -0.15) is 0 Å². The van der Waals surface area contributed by atoms with Crippen molar-refractivity contribution < 1.29 is 4.42 Å². The Hall–Kier alpha value is -0.590. The summed E-state index contributed by atoms with van der Waals surface area (Å²) in [5.41, 5.74) is 1.00. The molecular weight excluding hydrogens is 375 g/mol. The summed E-state index contributed by atoms with van der Waals surface area (Å²) in [7, 11) is 0. The molecule has 0 radical (unpaired) electrons. The van der Waals surface area contributed by atoms with Crippen LogP contribution in [0.25, 0.3) is 11.3 Å². The lowest BCUT2D eigenvalue weighted by molar-refractivity contribution is 0.494. The largest absolute Gasteiger partial charge is 0.441 e. The molecule has 1 aliphatic carbocycles. The van der Waals surface area contributed by atoms with Crippen molar-refractivity contribution in [1.82, 2.24) is 10.3 Å². The highest BCUT2D eigenvalue weighted by atomic mass is 127. The zero-order chi connectivity index (χ0) is 13.2. The molecule has 0 unspecified atom stereocenters. The average molecular weight is 389 g/mol. The highest BCUT2D eigenvalue weighted by Crippen LogP contribution is 2.28. The molecule has 0 saturated heterocycles. The van der Waals surface area contributed by atoms with Gasteiger partial charge in [0, 0.05) is 33.2 Å². The number of hydrogen-bond donors (Lipinski definition) is 1. The Morgan fingerprint density at radius 2 is 2.26 bits per heavy atom. The first kappa shape index (κ1) is 13.4. The molecule has 0 aliphatic heterocycles. The monoisotopic (exact) mass is 388 g/mol. The van der Waals surface area contributed by atoms with Crippen LogP contribution in [0.4, 0.5) is 0 Å². The van der Waals surface area contributed by atoms with Gasteiger partial charge in [0.25, 0.3) is 0 Å². The van der Waals surface area contributed by atoms with Crippen molar-refractivity contribution in [3.63, 3.8) is 0 Å². The summed E-state index contributed by atoms with van der Waals surface area (Å²) >= 11 is 8.30. The third-order valence-electron chi connectivity index (χ3n) is 3.10. The molecule has 5 heteroatoms. The van der Waals surface area contributed by atoms with E-state index >= 15 is 0 Å². The number of aromatic nitrogens is 1. The van der Waals surface area contributed by atoms with E-state index in [1.165, 1.54) is 12.8 Å². The molecule has 1 saturated carbocycles.